The Morgan fingerprint density at radius 2 is 1.86 bits per heavy atom. The first-order valence-electron chi connectivity index (χ1n) is 11.8. The Labute approximate surface area is 219 Å². The smallest absolute Gasteiger partial charge is 0.339 e. The zero-order valence-corrected chi connectivity index (χ0v) is 21.7. The molecule has 0 bridgehead atoms. The van der Waals surface area contributed by atoms with Crippen LogP contribution in [0, 0.1) is 6.92 Å². The van der Waals surface area contributed by atoms with E-state index in [-0.39, 0.29) is 0 Å². The van der Waals surface area contributed by atoms with Crippen LogP contribution in [0.1, 0.15) is 39.9 Å². The second kappa shape index (κ2) is 10.6. The summed E-state index contributed by atoms with van der Waals surface area (Å²) in [6.45, 7) is 3.55. The van der Waals surface area contributed by atoms with Crippen molar-refractivity contribution < 1.29 is 14.1 Å². The van der Waals surface area contributed by atoms with Gasteiger partial charge in [-0.05, 0) is 44.1 Å². The minimum atomic E-state index is -0.391. The molecule has 1 fully saturated rings. The molecule has 0 radical (unpaired) electrons. The molecule has 2 aromatic heterocycles. The third kappa shape index (κ3) is 4.89. The highest BCUT2D eigenvalue weighted by atomic mass is 32.1. The van der Waals surface area contributed by atoms with Crippen LogP contribution in [-0.4, -0.2) is 46.3 Å². The first-order valence-corrected chi connectivity index (χ1v) is 13.0. The first kappa shape index (κ1) is 24.1. The molecule has 4 aromatic rings. The van der Waals surface area contributed by atoms with E-state index in [1.54, 1.807) is 23.5 Å². The second-order valence-corrected chi connectivity index (χ2v) is 9.90. The van der Waals surface area contributed by atoms with E-state index in [2.05, 4.69) is 20.8 Å². The zero-order chi connectivity index (χ0) is 25.1. The number of thiazole rings is 1. The molecule has 9 heteroatoms. The molecule has 36 heavy (non-hydrogen) atoms. The predicted molar refractivity (Wildman–Crippen MR) is 145 cm³/mol. The quantitative estimate of drug-likeness (QED) is 0.249. The van der Waals surface area contributed by atoms with Crippen LogP contribution in [-0.2, 0) is 4.74 Å². The third-order valence-corrected chi connectivity index (χ3v) is 7.76. The van der Waals surface area contributed by atoms with Crippen molar-refractivity contribution >= 4 is 40.3 Å². The van der Waals surface area contributed by atoms with Crippen molar-refractivity contribution in [1.82, 2.24) is 15.0 Å². The van der Waals surface area contributed by atoms with Crippen LogP contribution < -0.4 is 5.32 Å². The maximum atomic E-state index is 12.1. The van der Waals surface area contributed by atoms with Crippen molar-refractivity contribution in [3.63, 3.8) is 0 Å². The Bertz CT molecular complexity index is 1370. The lowest BCUT2D eigenvalue weighted by Crippen LogP contribution is -2.40. The van der Waals surface area contributed by atoms with Gasteiger partial charge in [-0.2, -0.15) is 0 Å². The van der Waals surface area contributed by atoms with E-state index in [0.717, 1.165) is 59.2 Å². The van der Waals surface area contributed by atoms with Crippen molar-refractivity contribution in [2.45, 2.75) is 25.7 Å². The molecule has 1 N–H and O–H groups in total. The van der Waals surface area contributed by atoms with E-state index < -0.39 is 5.97 Å². The molecule has 1 aliphatic rings. The van der Waals surface area contributed by atoms with Gasteiger partial charge in [-0.1, -0.05) is 47.6 Å². The number of aromatic nitrogens is 2. The molecule has 2 aromatic carbocycles. The minimum Gasteiger partial charge on any atom is -0.465 e. The number of hydrogen-bond acceptors (Lipinski definition) is 7. The summed E-state index contributed by atoms with van der Waals surface area (Å²) in [5.41, 5.74) is 4.82. The molecule has 0 aliphatic carbocycles. The number of thiocarbonyl (C=S) groups is 1. The number of methoxy groups -OCH3 is 1. The molecule has 1 saturated heterocycles. The largest absolute Gasteiger partial charge is 0.465 e. The average Bonchev–Trinajstić information content (AvgIpc) is 3.56. The van der Waals surface area contributed by atoms with Crippen molar-refractivity contribution in [2.75, 3.05) is 25.5 Å². The van der Waals surface area contributed by atoms with Crippen LogP contribution in [0.15, 0.2) is 64.5 Å². The molecule has 0 atom stereocenters. The number of carbonyl (C=O) groups is 1. The summed E-state index contributed by atoms with van der Waals surface area (Å²) in [5, 5.41) is 11.4. The van der Waals surface area contributed by atoms with Crippen molar-refractivity contribution in [3.05, 3.63) is 76.3 Å². The monoisotopic (exact) mass is 518 g/mol. The molecular formula is C27H26N4O3S2. The van der Waals surface area contributed by atoms with E-state index in [9.17, 15) is 4.79 Å². The number of para-hydroxylation sites is 1. The van der Waals surface area contributed by atoms with Crippen LogP contribution in [0.25, 0.3) is 22.5 Å². The lowest BCUT2D eigenvalue weighted by molar-refractivity contribution is 0.0602. The highest BCUT2D eigenvalue weighted by Crippen LogP contribution is 2.38. The summed E-state index contributed by atoms with van der Waals surface area (Å²) in [4.78, 5) is 19.2. The average molecular weight is 519 g/mol. The van der Waals surface area contributed by atoms with E-state index in [1.165, 1.54) is 7.11 Å². The summed E-state index contributed by atoms with van der Waals surface area (Å²) in [6, 6.07) is 17.3. The van der Waals surface area contributed by atoms with Crippen molar-refractivity contribution in [1.29, 1.82) is 0 Å². The predicted octanol–water partition coefficient (Wildman–Crippen LogP) is 6.14. The number of piperidine rings is 1. The van der Waals surface area contributed by atoms with Crippen LogP contribution in [0.2, 0.25) is 0 Å². The van der Waals surface area contributed by atoms with E-state index in [1.807, 2.05) is 49.4 Å². The molecule has 0 amide bonds. The van der Waals surface area contributed by atoms with Gasteiger partial charge in [0, 0.05) is 30.0 Å². The topological polar surface area (TPSA) is 80.5 Å². The van der Waals surface area contributed by atoms with Gasteiger partial charge in [-0.25, -0.2) is 9.78 Å². The molecule has 3 heterocycles. The summed E-state index contributed by atoms with van der Waals surface area (Å²) in [6.07, 6.45) is 1.89. The maximum absolute atomic E-state index is 12.1. The van der Waals surface area contributed by atoms with Crippen molar-refractivity contribution in [3.8, 4) is 22.5 Å². The maximum Gasteiger partial charge on any atom is 0.339 e. The fourth-order valence-corrected chi connectivity index (χ4v) is 5.74. The van der Waals surface area contributed by atoms with Crippen LogP contribution in [0.3, 0.4) is 0 Å². The number of rotatable bonds is 5. The van der Waals surface area contributed by atoms with E-state index in [4.69, 9.17) is 26.5 Å². The molecule has 7 nitrogen and oxygen atoms in total. The van der Waals surface area contributed by atoms with Gasteiger partial charge >= 0.3 is 5.97 Å². The number of carbonyl (C=O) groups excluding carboxylic acids is 1. The highest BCUT2D eigenvalue weighted by molar-refractivity contribution is 7.80. The van der Waals surface area contributed by atoms with Gasteiger partial charge in [0.15, 0.2) is 5.11 Å². The third-order valence-electron chi connectivity index (χ3n) is 6.39. The highest BCUT2D eigenvalue weighted by Gasteiger charge is 2.26. The number of aryl methyl sites for hydroxylation is 1. The zero-order valence-electron chi connectivity index (χ0n) is 20.1. The fourth-order valence-electron chi connectivity index (χ4n) is 4.46. The Kier molecular flexibility index (Phi) is 7.11. The number of benzene rings is 2. The molecule has 5 rings (SSSR count). The number of nitrogens with zero attached hydrogens (tertiary/aromatic N) is 3. The number of anilines is 1. The van der Waals surface area contributed by atoms with Crippen molar-refractivity contribution in [2.24, 2.45) is 0 Å². The lowest BCUT2D eigenvalue weighted by atomic mass is 9.97. The standard InChI is InChI=1S/C27H26N4O3S2/c1-17-23(24(30-34-17)18-8-4-3-5-9-18)22-16-36-25(28-22)19-12-14-31(15-13-19)27(35)29-21-11-7-6-10-20(21)26(32)33-2/h3-11,16,19H,12-15H2,1-2H3,(H,29,35). The number of nitrogens with one attached hydrogen (secondary N) is 1. The van der Waals surface area contributed by atoms with Gasteiger partial charge in [0.1, 0.15) is 11.5 Å². The molecule has 0 unspecified atom stereocenters. The molecule has 0 saturated carbocycles. The minimum absolute atomic E-state index is 0.366. The van der Waals surface area contributed by atoms with E-state index in [0.29, 0.717) is 22.3 Å². The fraction of sp³-hybridized carbons (Fsp3) is 0.259. The van der Waals surface area contributed by atoms with Gasteiger partial charge in [0.2, 0.25) is 0 Å². The Morgan fingerprint density at radius 3 is 2.61 bits per heavy atom. The normalized spacial score (nSPS) is 14.0. The summed E-state index contributed by atoms with van der Waals surface area (Å²) in [5.74, 6) is 0.743. The van der Waals surface area contributed by atoms with Gasteiger partial charge in [0.05, 0.1) is 34.6 Å². The van der Waals surface area contributed by atoms with Crippen LogP contribution >= 0.6 is 23.6 Å². The molecule has 0 spiro atoms. The van der Waals surface area contributed by atoms with Crippen LogP contribution in [0.5, 0.6) is 0 Å². The van der Waals surface area contributed by atoms with E-state index >= 15 is 0 Å². The van der Waals surface area contributed by atoms with Gasteiger partial charge in [0.25, 0.3) is 0 Å². The second-order valence-electron chi connectivity index (χ2n) is 8.63. The molecular weight excluding hydrogens is 492 g/mol. The summed E-state index contributed by atoms with van der Waals surface area (Å²) < 4.78 is 10.4. The number of ether oxygens (including phenoxy) is 1. The first-order chi connectivity index (χ1) is 17.5. The Balaban J connectivity index is 1.25. The number of esters is 1. The van der Waals surface area contributed by atoms with Gasteiger partial charge < -0.3 is 19.5 Å². The summed E-state index contributed by atoms with van der Waals surface area (Å²) in [7, 11) is 1.37. The van der Waals surface area contributed by atoms with Crippen LogP contribution in [0.4, 0.5) is 5.69 Å². The Hall–Kier alpha value is -3.56. The SMILES string of the molecule is COC(=O)c1ccccc1NC(=S)N1CCC(c2nc(-c3c(-c4ccccc4)noc3C)cs2)CC1. The number of hydrogen-bond donors (Lipinski definition) is 1. The molecule has 1 aliphatic heterocycles. The van der Waals surface area contributed by atoms with Gasteiger partial charge in [-0.3, -0.25) is 0 Å². The number of likely N-dealkylation sites (tertiary alicyclic amines) is 1. The summed E-state index contributed by atoms with van der Waals surface area (Å²) >= 11 is 7.35. The molecule has 184 valence electrons. The lowest BCUT2D eigenvalue weighted by Gasteiger charge is -2.33. The Morgan fingerprint density at radius 1 is 1.14 bits per heavy atom. The van der Waals surface area contributed by atoms with Gasteiger partial charge in [-0.15, -0.1) is 11.3 Å².